The van der Waals surface area contributed by atoms with Crippen LogP contribution in [0.3, 0.4) is 0 Å². The molecule has 0 saturated heterocycles. The molecule has 2 rings (SSSR count). The number of aliphatic imine (C=N–C) groups is 1. The van der Waals surface area contributed by atoms with Gasteiger partial charge in [-0.05, 0) is 31.0 Å². The molecule has 0 aliphatic heterocycles. The molecule has 0 unspecified atom stereocenters. The molecule has 3 N–H and O–H groups in total. The van der Waals surface area contributed by atoms with E-state index in [1.54, 1.807) is 18.4 Å². The number of guanidine groups is 1. The Morgan fingerprint density at radius 3 is 2.85 bits per heavy atom. The minimum Gasteiger partial charge on any atom is -0.356 e. The molecule has 1 heterocycles. The second kappa shape index (κ2) is 10.3. The number of carbonyl (C=O) groups excluding carboxylic acids is 1. The first kappa shape index (κ1) is 20.4. The molecule has 0 fully saturated rings. The summed E-state index contributed by atoms with van der Waals surface area (Å²) >= 11 is 5.11. The van der Waals surface area contributed by atoms with Gasteiger partial charge in [0.05, 0.1) is 6.54 Å². The van der Waals surface area contributed by atoms with E-state index in [9.17, 15) is 4.79 Å². The van der Waals surface area contributed by atoms with Crippen LogP contribution in [-0.4, -0.2) is 30.4 Å². The van der Waals surface area contributed by atoms with Gasteiger partial charge in [-0.3, -0.25) is 9.79 Å². The summed E-state index contributed by atoms with van der Waals surface area (Å²) in [5.74, 6) is 0.617. The predicted molar refractivity (Wildman–Crippen MR) is 112 cm³/mol. The Kier molecular flexibility index (Phi) is 8.06. The van der Waals surface area contributed by atoms with E-state index in [0.29, 0.717) is 25.5 Å². The molecule has 8 heteroatoms. The molecule has 0 atom stereocenters. The standard InChI is InChI=1S/C18H24BrN5OS/c1-4-14-10-22-17(26-14)11-23-18(20-3)21-8-7-16(25)24-15-9-13(19)6-5-12(15)2/h5-6,9-10H,4,7-8,11H2,1-3H3,(H,24,25)(H2,20,21,23). The zero-order valence-corrected chi connectivity index (χ0v) is 17.6. The van der Waals surface area contributed by atoms with Gasteiger partial charge in [0.1, 0.15) is 5.01 Å². The fourth-order valence-electron chi connectivity index (χ4n) is 2.21. The van der Waals surface area contributed by atoms with Crippen molar-refractivity contribution in [2.45, 2.75) is 33.2 Å². The number of aryl methyl sites for hydroxylation is 2. The van der Waals surface area contributed by atoms with Crippen molar-refractivity contribution >= 4 is 44.8 Å². The summed E-state index contributed by atoms with van der Waals surface area (Å²) in [5, 5.41) is 10.3. The first-order valence-electron chi connectivity index (χ1n) is 8.46. The SMILES string of the molecule is CCc1cnc(CNC(=NC)NCCC(=O)Nc2cc(Br)ccc2C)s1. The third-order valence-corrected chi connectivity index (χ3v) is 5.33. The van der Waals surface area contributed by atoms with Crippen LogP contribution in [0.1, 0.15) is 28.8 Å². The molecule has 0 aliphatic rings. The number of carbonyl (C=O) groups is 1. The van der Waals surface area contributed by atoms with Crippen molar-refractivity contribution in [3.05, 3.63) is 44.3 Å². The van der Waals surface area contributed by atoms with Crippen molar-refractivity contribution in [2.24, 2.45) is 4.99 Å². The molecule has 6 nitrogen and oxygen atoms in total. The van der Waals surface area contributed by atoms with Gasteiger partial charge in [0.25, 0.3) is 0 Å². The van der Waals surface area contributed by atoms with Crippen molar-refractivity contribution < 1.29 is 4.79 Å². The molecule has 0 aliphatic carbocycles. The van der Waals surface area contributed by atoms with Crippen molar-refractivity contribution in [3.63, 3.8) is 0 Å². The highest BCUT2D eigenvalue weighted by Gasteiger charge is 2.07. The van der Waals surface area contributed by atoms with E-state index < -0.39 is 0 Å². The maximum Gasteiger partial charge on any atom is 0.226 e. The minimum absolute atomic E-state index is 0.0401. The molecule has 0 bridgehead atoms. The maximum atomic E-state index is 12.1. The Balaban J connectivity index is 1.74. The van der Waals surface area contributed by atoms with Crippen LogP contribution in [0.2, 0.25) is 0 Å². The van der Waals surface area contributed by atoms with Gasteiger partial charge >= 0.3 is 0 Å². The van der Waals surface area contributed by atoms with E-state index in [1.165, 1.54) is 4.88 Å². The molecule has 0 saturated carbocycles. The van der Waals surface area contributed by atoms with Gasteiger partial charge in [0.15, 0.2) is 5.96 Å². The van der Waals surface area contributed by atoms with Crippen LogP contribution in [0.15, 0.2) is 33.9 Å². The fraction of sp³-hybridized carbons (Fsp3) is 0.389. The van der Waals surface area contributed by atoms with Gasteiger partial charge in [-0.1, -0.05) is 28.9 Å². The Hall–Kier alpha value is -1.93. The largest absolute Gasteiger partial charge is 0.356 e. The Labute approximate surface area is 166 Å². The zero-order valence-electron chi connectivity index (χ0n) is 15.2. The van der Waals surface area contributed by atoms with E-state index in [2.05, 4.69) is 48.8 Å². The number of nitrogens with one attached hydrogen (secondary N) is 3. The summed E-state index contributed by atoms with van der Waals surface area (Å²) < 4.78 is 0.939. The second-order valence-corrected chi connectivity index (χ2v) is 7.80. The lowest BCUT2D eigenvalue weighted by Gasteiger charge is -2.12. The van der Waals surface area contributed by atoms with E-state index in [-0.39, 0.29) is 5.91 Å². The highest BCUT2D eigenvalue weighted by molar-refractivity contribution is 9.10. The summed E-state index contributed by atoms with van der Waals surface area (Å²) in [4.78, 5) is 21.9. The topological polar surface area (TPSA) is 78.4 Å². The summed E-state index contributed by atoms with van der Waals surface area (Å²) in [6.07, 6.45) is 3.26. The lowest BCUT2D eigenvalue weighted by molar-refractivity contribution is -0.116. The van der Waals surface area contributed by atoms with Gasteiger partial charge < -0.3 is 16.0 Å². The summed E-state index contributed by atoms with van der Waals surface area (Å²) in [5.41, 5.74) is 1.85. The van der Waals surface area contributed by atoms with E-state index >= 15 is 0 Å². The van der Waals surface area contributed by atoms with Crippen LogP contribution in [-0.2, 0) is 17.8 Å². The lowest BCUT2D eigenvalue weighted by Crippen LogP contribution is -2.38. The van der Waals surface area contributed by atoms with Crippen molar-refractivity contribution in [2.75, 3.05) is 18.9 Å². The third-order valence-electron chi connectivity index (χ3n) is 3.70. The first-order chi connectivity index (χ1) is 12.5. The minimum atomic E-state index is -0.0401. The quantitative estimate of drug-likeness (QED) is 0.457. The number of thiazole rings is 1. The molecular weight excluding hydrogens is 414 g/mol. The average molecular weight is 438 g/mol. The smallest absolute Gasteiger partial charge is 0.226 e. The van der Waals surface area contributed by atoms with Gasteiger partial charge in [0, 0.05) is 41.2 Å². The number of hydrogen-bond acceptors (Lipinski definition) is 4. The first-order valence-corrected chi connectivity index (χ1v) is 10.1. The molecule has 0 radical (unpaired) electrons. The number of halogens is 1. The van der Waals surface area contributed by atoms with Crippen LogP contribution < -0.4 is 16.0 Å². The van der Waals surface area contributed by atoms with Crippen LogP contribution in [0.4, 0.5) is 5.69 Å². The Bertz CT molecular complexity index is 775. The van der Waals surface area contributed by atoms with Crippen LogP contribution in [0, 0.1) is 6.92 Å². The highest BCUT2D eigenvalue weighted by Crippen LogP contribution is 2.20. The normalized spacial score (nSPS) is 11.3. The number of benzene rings is 1. The van der Waals surface area contributed by atoms with Gasteiger partial charge in [-0.15, -0.1) is 11.3 Å². The zero-order chi connectivity index (χ0) is 18.9. The fourth-order valence-corrected chi connectivity index (χ4v) is 3.37. The van der Waals surface area contributed by atoms with Crippen molar-refractivity contribution in [1.29, 1.82) is 0 Å². The number of amides is 1. The number of anilines is 1. The molecule has 1 amide bonds. The van der Waals surface area contributed by atoms with Crippen LogP contribution >= 0.6 is 27.3 Å². The number of hydrogen-bond donors (Lipinski definition) is 3. The number of aromatic nitrogens is 1. The second-order valence-electron chi connectivity index (χ2n) is 5.68. The molecular formula is C18H24BrN5OS. The Morgan fingerprint density at radius 2 is 2.15 bits per heavy atom. The monoisotopic (exact) mass is 437 g/mol. The molecule has 0 spiro atoms. The molecule has 140 valence electrons. The molecule has 2 aromatic rings. The summed E-state index contributed by atoms with van der Waals surface area (Å²) in [7, 11) is 1.71. The maximum absolute atomic E-state index is 12.1. The predicted octanol–water partition coefficient (Wildman–Crippen LogP) is 3.47. The van der Waals surface area contributed by atoms with Crippen LogP contribution in [0.25, 0.3) is 0 Å². The number of nitrogens with zero attached hydrogens (tertiary/aromatic N) is 2. The lowest BCUT2D eigenvalue weighted by atomic mass is 10.2. The summed E-state index contributed by atoms with van der Waals surface area (Å²) in [6.45, 7) is 5.20. The molecule has 26 heavy (non-hydrogen) atoms. The van der Waals surface area contributed by atoms with E-state index in [0.717, 1.165) is 27.2 Å². The van der Waals surface area contributed by atoms with Crippen molar-refractivity contribution in [3.8, 4) is 0 Å². The van der Waals surface area contributed by atoms with Crippen LogP contribution in [0.5, 0.6) is 0 Å². The molecule has 1 aromatic carbocycles. The molecule has 1 aromatic heterocycles. The Morgan fingerprint density at radius 1 is 1.35 bits per heavy atom. The van der Waals surface area contributed by atoms with E-state index in [1.807, 2.05) is 31.3 Å². The average Bonchev–Trinajstić information content (AvgIpc) is 3.09. The summed E-state index contributed by atoms with van der Waals surface area (Å²) in [6, 6.07) is 5.82. The van der Waals surface area contributed by atoms with Crippen molar-refractivity contribution in [1.82, 2.24) is 15.6 Å². The third kappa shape index (κ3) is 6.42. The van der Waals surface area contributed by atoms with Gasteiger partial charge in [-0.25, -0.2) is 4.98 Å². The van der Waals surface area contributed by atoms with E-state index in [4.69, 9.17) is 0 Å². The van der Waals surface area contributed by atoms with Gasteiger partial charge in [0.2, 0.25) is 5.91 Å². The highest BCUT2D eigenvalue weighted by atomic mass is 79.9. The number of rotatable bonds is 7. The van der Waals surface area contributed by atoms with Gasteiger partial charge in [-0.2, -0.15) is 0 Å².